The number of alkyl halides is 1. The minimum Gasteiger partial charge on any atom is -0.488 e. The molecular formula is C16H11IO2. The summed E-state index contributed by atoms with van der Waals surface area (Å²) in [5, 5.41) is 2.15. The molecule has 0 N–H and O–H groups in total. The van der Waals surface area contributed by atoms with Crippen LogP contribution in [-0.4, -0.2) is 16.3 Å². The molecule has 0 saturated carbocycles. The van der Waals surface area contributed by atoms with Gasteiger partial charge in [-0.05, 0) is 5.39 Å². The van der Waals surface area contributed by atoms with Crippen LogP contribution in [0.25, 0.3) is 16.5 Å². The molecule has 0 saturated heterocycles. The van der Waals surface area contributed by atoms with Gasteiger partial charge in [-0.25, -0.2) is 0 Å². The maximum Gasteiger partial charge on any atom is 0.193 e. The van der Waals surface area contributed by atoms with Crippen molar-refractivity contribution < 1.29 is 9.53 Å². The molecule has 1 aliphatic carbocycles. The number of hydrogen-bond acceptors (Lipinski definition) is 2. The van der Waals surface area contributed by atoms with E-state index in [4.69, 9.17) is 4.74 Å². The molecule has 2 aromatic carbocycles. The minimum atomic E-state index is 0.138. The van der Waals surface area contributed by atoms with Crippen LogP contribution >= 0.6 is 22.6 Å². The highest BCUT2D eigenvalue weighted by Crippen LogP contribution is 2.43. The van der Waals surface area contributed by atoms with Gasteiger partial charge in [0.05, 0.1) is 0 Å². The molecule has 0 amide bonds. The van der Waals surface area contributed by atoms with Crippen molar-refractivity contribution in [3.05, 3.63) is 53.1 Å². The van der Waals surface area contributed by atoms with Crippen LogP contribution in [0.2, 0.25) is 0 Å². The molecule has 0 bridgehead atoms. The van der Waals surface area contributed by atoms with E-state index in [1.807, 2.05) is 30.3 Å². The fourth-order valence-electron chi connectivity index (χ4n) is 2.99. The Bertz CT molecular complexity index is 740. The molecule has 94 valence electrons. The van der Waals surface area contributed by atoms with Crippen LogP contribution in [0.1, 0.15) is 22.3 Å². The second-order valence-electron chi connectivity index (χ2n) is 4.94. The Morgan fingerprint density at radius 2 is 1.89 bits per heavy atom. The van der Waals surface area contributed by atoms with Gasteiger partial charge in [0.2, 0.25) is 0 Å². The second-order valence-corrected chi connectivity index (χ2v) is 5.83. The first-order valence-electron chi connectivity index (χ1n) is 6.32. The number of halogens is 1. The van der Waals surface area contributed by atoms with E-state index in [-0.39, 0.29) is 11.9 Å². The molecular weight excluding hydrogens is 351 g/mol. The monoisotopic (exact) mass is 362 g/mol. The van der Waals surface area contributed by atoms with Crippen LogP contribution in [-0.2, 0) is 4.74 Å². The summed E-state index contributed by atoms with van der Waals surface area (Å²) in [6, 6.07) is 12.1. The van der Waals surface area contributed by atoms with E-state index in [1.54, 1.807) is 0 Å². The SMILES string of the molecule is O=C1C2=C(OC(CI)C2)c2cccc3cccc1c23. The van der Waals surface area contributed by atoms with Gasteiger partial charge in [0.25, 0.3) is 0 Å². The van der Waals surface area contributed by atoms with Crippen molar-refractivity contribution in [2.24, 2.45) is 0 Å². The van der Waals surface area contributed by atoms with Crippen molar-refractivity contribution in [3.8, 4) is 0 Å². The molecule has 2 nitrogen and oxygen atoms in total. The largest absolute Gasteiger partial charge is 0.488 e. The highest BCUT2D eigenvalue weighted by atomic mass is 127. The summed E-state index contributed by atoms with van der Waals surface area (Å²) in [5.41, 5.74) is 2.76. The standard InChI is InChI=1S/C16H11IO2/c17-8-10-7-13-15(18)11-5-1-3-9-4-2-6-12(14(9)11)16(13)19-10/h1-6,10H,7-8H2. The quantitative estimate of drug-likeness (QED) is 0.567. The average Bonchev–Trinajstić information content (AvgIpc) is 2.89. The zero-order valence-corrected chi connectivity index (χ0v) is 12.3. The summed E-state index contributed by atoms with van der Waals surface area (Å²) < 4.78 is 6.89. The normalized spacial score (nSPS) is 20.7. The van der Waals surface area contributed by atoms with E-state index in [2.05, 4.69) is 28.7 Å². The molecule has 1 atom stereocenters. The molecule has 2 aliphatic rings. The summed E-state index contributed by atoms with van der Waals surface area (Å²) in [4.78, 5) is 12.6. The van der Waals surface area contributed by atoms with Crippen molar-refractivity contribution in [1.82, 2.24) is 0 Å². The number of ether oxygens (including phenoxy) is 1. The zero-order valence-electron chi connectivity index (χ0n) is 10.2. The molecule has 0 aromatic heterocycles. The van der Waals surface area contributed by atoms with Gasteiger partial charge in [-0.3, -0.25) is 4.79 Å². The Labute approximate surface area is 124 Å². The van der Waals surface area contributed by atoms with Crippen molar-refractivity contribution in [3.63, 3.8) is 0 Å². The smallest absolute Gasteiger partial charge is 0.193 e. The van der Waals surface area contributed by atoms with Gasteiger partial charge < -0.3 is 4.74 Å². The summed E-state index contributed by atoms with van der Waals surface area (Å²) in [5.74, 6) is 0.961. The van der Waals surface area contributed by atoms with Gasteiger partial charge in [-0.15, -0.1) is 0 Å². The van der Waals surface area contributed by atoms with Crippen molar-refractivity contribution in [1.29, 1.82) is 0 Å². The van der Waals surface area contributed by atoms with Crippen LogP contribution in [0.3, 0.4) is 0 Å². The first-order chi connectivity index (χ1) is 9.29. The van der Waals surface area contributed by atoms with E-state index in [0.717, 1.165) is 44.1 Å². The lowest BCUT2D eigenvalue weighted by Crippen LogP contribution is -2.10. The van der Waals surface area contributed by atoms with Crippen molar-refractivity contribution in [2.45, 2.75) is 12.5 Å². The molecule has 0 fully saturated rings. The zero-order chi connectivity index (χ0) is 13.0. The molecule has 2 aromatic rings. The number of carbonyl (C=O) groups is 1. The van der Waals surface area contributed by atoms with Gasteiger partial charge >= 0.3 is 0 Å². The third-order valence-electron chi connectivity index (χ3n) is 3.83. The van der Waals surface area contributed by atoms with Gasteiger partial charge in [-0.2, -0.15) is 0 Å². The molecule has 0 spiro atoms. The molecule has 3 heteroatoms. The lowest BCUT2D eigenvalue weighted by molar-refractivity contribution is 0.103. The Morgan fingerprint density at radius 3 is 2.63 bits per heavy atom. The number of rotatable bonds is 1. The highest BCUT2D eigenvalue weighted by Gasteiger charge is 2.35. The van der Waals surface area contributed by atoms with Gasteiger partial charge in [0.15, 0.2) is 5.78 Å². The summed E-state index contributed by atoms with van der Waals surface area (Å²) in [7, 11) is 0. The van der Waals surface area contributed by atoms with E-state index < -0.39 is 0 Å². The highest BCUT2D eigenvalue weighted by molar-refractivity contribution is 14.1. The van der Waals surface area contributed by atoms with E-state index in [1.165, 1.54) is 0 Å². The molecule has 1 unspecified atom stereocenters. The Hall–Kier alpha value is -1.36. The predicted molar refractivity (Wildman–Crippen MR) is 83.6 cm³/mol. The summed E-state index contributed by atoms with van der Waals surface area (Å²) >= 11 is 2.31. The number of ketones is 1. The Kier molecular flexibility index (Phi) is 2.45. The predicted octanol–water partition coefficient (Wildman–Crippen LogP) is 3.97. The van der Waals surface area contributed by atoms with Gasteiger partial charge in [0, 0.05) is 32.9 Å². The number of Topliss-reactive ketones (excluding diaryl/α,β-unsaturated/α-hetero) is 1. The number of benzene rings is 2. The molecule has 1 aliphatic heterocycles. The van der Waals surface area contributed by atoms with Crippen LogP contribution in [0.15, 0.2) is 42.0 Å². The lowest BCUT2D eigenvalue weighted by Gasteiger charge is -2.17. The van der Waals surface area contributed by atoms with E-state index in [9.17, 15) is 4.79 Å². The topological polar surface area (TPSA) is 26.3 Å². The number of hydrogen-bond donors (Lipinski definition) is 0. The number of carbonyl (C=O) groups excluding carboxylic acids is 1. The maximum atomic E-state index is 12.6. The van der Waals surface area contributed by atoms with Crippen LogP contribution in [0.4, 0.5) is 0 Å². The Balaban J connectivity index is 2.04. The van der Waals surface area contributed by atoms with Crippen LogP contribution in [0.5, 0.6) is 0 Å². The molecule has 1 heterocycles. The Morgan fingerprint density at radius 1 is 1.16 bits per heavy atom. The fourth-order valence-corrected chi connectivity index (χ4v) is 3.48. The summed E-state index contributed by atoms with van der Waals surface area (Å²) in [6.07, 6.45) is 0.876. The second kappa shape index (κ2) is 4.07. The average molecular weight is 362 g/mol. The first kappa shape index (κ1) is 11.5. The molecule has 0 radical (unpaired) electrons. The third kappa shape index (κ3) is 1.51. The molecule has 4 rings (SSSR count). The number of fused-ring (bicyclic) bond motifs is 1. The third-order valence-corrected chi connectivity index (χ3v) is 4.81. The molecule has 19 heavy (non-hydrogen) atoms. The maximum absolute atomic E-state index is 12.6. The van der Waals surface area contributed by atoms with Gasteiger partial charge in [-0.1, -0.05) is 59.0 Å². The van der Waals surface area contributed by atoms with Crippen LogP contribution in [0, 0.1) is 0 Å². The fraction of sp³-hybridized carbons (Fsp3) is 0.188. The minimum absolute atomic E-state index is 0.138. The van der Waals surface area contributed by atoms with E-state index >= 15 is 0 Å². The van der Waals surface area contributed by atoms with Crippen LogP contribution < -0.4 is 0 Å². The van der Waals surface area contributed by atoms with Gasteiger partial charge in [0.1, 0.15) is 11.9 Å². The lowest BCUT2D eigenvalue weighted by atomic mass is 9.86. The van der Waals surface area contributed by atoms with E-state index in [0.29, 0.717) is 0 Å². The van der Waals surface area contributed by atoms with Crippen molar-refractivity contribution >= 4 is 44.9 Å². The summed E-state index contributed by atoms with van der Waals surface area (Å²) in [6.45, 7) is 0. The van der Waals surface area contributed by atoms with Crippen molar-refractivity contribution in [2.75, 3.05) is 4.43 Å². The first-order valence-corrected chi connectivity index (χ1v) is 7.84.